The average Bonchev–Trinajstić information content (AvgIpc) is 2.38. The van der Waals surface area contributed by atoms with Gasteiger partial charge in [0.15, 0.2) is 0 Å². The van der Waals surface area contributed by atoms with E-state index in [2.05, 4.69) is 10.6 Å². The van der Waals surface area contributed by atoms with Crippen LogP contribution in [0.25, 0.3) is 0 Å². The molecule has 0 aliphatic heterocycles. The second kappa shape index (κ2) is 7.89. The fourth-order valence-corrected chi connectivity index (χ4v) is 1.94. The molecule has 0 spiro atoms. The van der Waals surface area contributed by atoms with Gasteiger partial charge in [0.25, 0.3) is 0 Å². The van der Waals surface area contributed by atoms with Crippen LogP contribution in [-0.4, -0.2) is 35.8 Å². The van der Waals surface area contributed by atoms with Crippen LogP contribution >= 0.6 is 0 Å². The van der Waals surface area contributed by atoms with Crippen LogP contribution < -0.4 is 10.6 Å². The zero-order chi connectivity index (χ0) is 14.3. The van der Waals surface area contributed by atoms with E-state index in [1.165, 1.54) is 6.92 Å². The highest BCUT2D eigenvalue weighted by atomic mass is 16.3. The van der Waals surface area contributed by atoms with Crippen LogP contribution in [0.15, 0.2) is 24.3 Å². The summed E-state index contributed by atoms with van der Waals surface area (Å²) < 4.78 is 0. The van der Waals surface area contributed by atoms with E-state index in [1.807, 2.05) is 25.2 Å². The standard InChI is InChI=1S/C14H22N2O3/c1-10(17)16-8-7-13(18)14(19)12-6-4-3-5-11(12)9-15-2/h3-6,13-15,18-19H,7-9H2,1-2H3,(H,16,17). The van der Waals surface area contributed by atoms with Crippen molar-refractivity contribution in [2.24, 2.45) is 0 Å². The molecule has 0 radical (unpaired) electrons. The normalized spacial score (nSPS) is 13.9. The molecular weight excluding hydrogens is 244 g/mol. The molecule has 5 heteroatoms. The lowest BCUT2D eigenvalue weighted by atomic mass is 9.97. The van der Waals surface area contributed by atoms with Gasteiger partial charge in [0.1, 0.15) is 6.10 Å². The smallest absolute Gasteiger partial charge is 0.216 e. The van der Waals surface area contributed by atoms with E-state index in [4.69, 9.17) is 0 Å². The Bertz CT molecular complexity index is 409. The fraction of sp³-hybridized carbons (Fsp3) is 0.500. The van der Waals surface area contributed by atoms with E-state index in [1.54, 1.807) is 6.07 Å². The van der Waals surface area contributed by atoms with Crippen LogP contribution in [0, 0.1) is 0 Å². The van der Waals surface area contributed by atoms with Gasteiger partial charge in [-0.25, -0.2) is 0 Å². The van der Waals surface area contributed by atoms with Crippen LogP contribution in [0.4, 0.5) is 0 Å². The first-order chi connectivity index (χ1) is 9.06. The van der Waals surface area contributed by atoms with Gasteiger partial charge < -0.3 is 20.8 Å². The zero-order valence-electron chi connectivity index (χ0n) is 11.4. The minimum atomic E-state index is -0.946. The molecule has 0 saturated carbocycles. The van der Waals surface area contributed by atoms with Crippen molar-refractivity contribution in [1.82, 2.24) is 10.6 Å². The molecule has 4 N–H and O–H groups in total. The number of aliphatic hydroxyl groups is 2. The monoisotopic (exact) mass is 266 g/mol. The number of carbonyl (C=O) groups is 1. The number of carbonyl (C=O) groups excluding carboxylic acids is 1. The topological polar surface area (TPSA) is 81.6 Å². The summed E-state index contributed by atoms with van der Waals surface area (Å²) in [5.74, 6) is -0.141. The van der Waals surface area contributed by atoms with E-state index in [0.717, 1.165) is 5.56 Å². The van der Waals surface area contributed by atoms with Gasteiger partial charge >= 0.3 is 0 Å². The third kappa shape index (κ3) is 4.98. The summed E-state index contributed by atoms with van der Waals surface area (Å²) >= 11 is 0. The fourth-order valence-electron chi connectivity index (χ4n) is 1.94. The molecule has 0 fully saturated rings. The summed E-state index contributed by atoms with van der Waals surface area (Å²) in [7, 11) is 1.83. The van der Waals surface area contributed by atoms with Gasteiger partial charge in [0, 0.05) is 20.0 Å². The summed E-state index contributed by atoms with van der Waals surface area (Å²) in [6, 6.07) is 7.44. The maximum atomic E-state index is 10.7. The quantitative estimate of drug-likeness (QED) is 0.573. The Hall–Kier alpha value is -1.43. The molecule has 2 atom stereocenters. The van der Waals surface area contributed by atoms with E-state index in [-0.39, 0.29) is 5.91 Å². The molecule has 2 unspecified atom stereocenters. The second-order valence-corrected chi connectivity index (χ2v) is 4.51. The highest BCUT2D eigenvalue weighted by Crippen LogP contribution is 2.22. The van der Waals surface area contributed by atoms with Crippen molar-refractivity contribution in [1.29, 1.82) is 0 Å². The summed E-state index contributed by atoms with van der Waals surface area (Å²) in [6.45, 7) is 2.40. The van der Waals surface area contributed by atoms with Crippen molar-refractivity contribution in [3.05, 3.63) is 35.4 Å². The lowest BCUT2D eigenvalue weighted by Crippen LogP contribution is -2.28. The third-order valence-corrected chi connectivity index (χ3v) is 2.92. The second-order valence-electron chi connectivity index (χ2n) is 4.51. The van der Waals surface area contributed by atoms with Gasteiger partial charge in [-0.1, -0.05) is 24.3 Å². The van der Waals surface area contributed by atoms with E-state index in [9.17, 15) is 15.0 Å². The molecule has 106 valence electrons. The SMILES string of the molecule is CNCc1ccccc1C(O)C(O)CCNC(C)=O. The number of amides is 1. The predicted molar refractivity (Wildman–Crippen MR) is 73.5 cm³/mol. The Kier molecular flexibility index (Phi) is 6.49. The molecule has 19 heavy (non-hydrogen) atoms. The Morgan fingerprint density at radius 3 is 2.63 bits per heavy atom. The van der Waals surface area contributed by atoms with Crippen LogP contribution in [0.5, 0.6) is 0 Å². The Balaban J connectivity index is 2.65. The molecule has 1 aromatic rings. The van der Waals surface area contributed by atoms with Gasteiger partial charge in [-0.05, 0) is 24.6 Å². The number of aliphatic hydroxyl groups excluding tert-OH is 2. The van der Waals surface area contributed by atoms with Gasteiger partial charge in [0.2, 0.25) is 5.91 Å². The lowest BCUT2D eigenvalue weighted by Gasteiger charge is -2.21. The van der Waals surface area contributed by atoms with E-state index >= 15 is 0 Å². The van der Waals surface area contributed by atoms with Gasteiger partial charge in [0.05, 0.1) is 6.10 Å². The van der Waals surface area contributed by atoms with Gasteiger partial charge in [-0.2, -0.15) is 0 Å². The first-order valence-corrected chi connectivity index (χ1v) is 6.39. The van der Waals surface area contributed by atoms with Crippen LogP contribution in [0.2, 0.25) is 0 Å². The summed E-state index contributed by atoms with van der Waals surface area (Å²) in [4.78, 5) is 10.7. The number of rotatable bonds is 7. The molecule has 0 saturated heterocycles. The molecule has 5 nitrogen and oxygen atoms in total. The molecule has 0 aliphatic carbocycles. The first-order valence-electron chi connectivity index (χ1n) is 6.39. The number of hydrogen-bond acceptors (Lipinski definition) is 4. The van der Waals surface area contributed by atoms with Crippen LogP contribution in [0.3, 0.4) is 0 Å². The highest BCUT2D eigenvalue weighted by Gasteiger charge is 2.20. The molecular formula is C14H22N2O3. The largest absolute Gasteiger partial charge is 0.390 e. The average molecular weight is 266 g/mol. The number of hydrogen-bond donors (Lipinski definition) is 4. The van der Waals surface area contributed by atoms with Crippen LogP contribution in [-0.2, 0) is 11.3 Å². The maximum absolute atomic E-state index is 10.7. The third-order valence-electron chi connectivity index (χ3n) is 2.92. The van der Waals surface area contributed by atoms with Crippen molar-refractivity contribution < 1.29 is 15.0 Å². The Morgan fingerprint density at radius 1 is 1.32 bits per heavy atom. The molecule has 0 heterocycles. The minimum absolute atomic E-state index is 0.141. The van der Waals surface area contributed by atoms with E-state index in [0.29, 0.717) is 25.1 Å². The van der Waals surface area contributed by atoms with Crippen molar-refractivity contribution >= 4 is 5.91 Å². The van der Waals surface area contributed by atoms with E-state index < -0.39 is 12.2 Å². The summed E-state index contributed by atoms with van der Waals surface area (Å²) in [5, 5.41) is 25.8. The first kappa shape index (κ1) is 15.6. The lowest BCUT2D eigenvalue weighted by molar-refractivity contribution is -0.119. The van der Waals surface area contributed by atoms with Crippen molar-refractivity contribution in [2.75, 3.05) is 13.6 Å². The Labute approximate surface area is 113 Å². The van der Waals surface area contributed by atoms with Gasteiger partial charge in [-0.3, -0.25) is 4.79 Å². The molecule has 1 rings (SSSR count). The molecule has 0 aromatic heterocycles. The predicted octanol–water partition coefficient (Wildman–Crippen LogP) is 0.326. The maximum Gasteiger partial charge on any atom is 0.216 e. The number of nitrogens with one attached hydrogen (secondary N) is 2. The zero-order valence-corrected chi connectivity index (χ0v) is 11.4. The summed E-state index contributed by atoms with van der Waals surface area (Å²) in [6.07, 6.45) is -1.53. The van der Waals surface area contributed by atoms with Crippen molar-refractivity contribution in [2.45, 2.75) is 32.1 Å². The van der Waals surface area contributed by atoms with Crippen LogP contribution in [0.1, 0.15) is 30.6 Å². The molecule has 0 aliphatic rings. The van der Waals surface area contributed by atoms with Crippen molar-refractivity contribution in [3.63, 3.8) is 0 Å². The summed E-state index contributed by atoms with van der Waals surface area (Å²) in [5.41, 5.74) is 1.67. The van der Waals surface area contributed by atoms with Crippen molar-refractivity contribution in [3.8, 4) is 0 Å². The minimum Gasteiger partial charge on any atom is -0.390 e. The number of benzene rings is 1. The Morgan fingerprint density at radius 2 is 2.00 bits per heavy atom. The highest BCUT2D eigenvalue weighted by molar-refractivity contribution is 5.72. The molecule has 1 aromatic carbocycles. The molecule has 0 bridgehead atoms. The molecule has 1 amide bonds. The van der Waals surface area contributed by atoms with Gasteiger partial charge in [-0.15, -0.1) is 0 Å².